The molecule has 0 radical (unpaired) electrons. The van der Waals surface area contributed by atoms with Crippen LogP contribution in [-0.4, -0.2) is 52.1 Å². The number of hydrogen-bond donors (Lipinski definition) is 1. The number of rotatable bonds is 15. The van der Waals surface area contributed by atoms with E-state index in [4.69, 9.17) is 4.74 Å². The molecule has 6 nitrogen and oxygen atoms in total. The van der Waals surface area contributed by atoms with Crippen molar-refractivity contribution in [3.8, 4) is 0 Å². The zero-order chi connectivity index (χ0) is 40.2. The molecule has 300 valence electrons. The van der Waals surface area contributed by atoms with E-state index in [1.54, 1.807) is 13.3 Å². The van der Waals surface area contributed by atoms with E-state index in [0.717, 1.165) is 55.6 Å². The van der Waals surface area contributed by atoms with Crippen molar-refractivity contribution in [3.05, 3.63) is 114 Å². The number of benzene rings is 2. The minimum absolute atomic E-state index is 0. The van der Waals surface area contributed by atoms with Crippen molar-refractivity contribution in [3.63, 3.8) is 0 Å². The number of anilines is 1. The number of hydrogen-bond acceptors (Lipinski definition) is 5. The molecule has 0 fully saturated rings. The van der Waals surface area contributed by atoms with Crippen LogP contribution in [0.5, 0.6) is 0 Å². The Morgan fingerprint density at radius 1 is 0.981 bits per heavy atom. The molecule has 6 heteroatoms. The lowest BCUT2D eigenvalue weighted by molar-refractivity contribution is -0.114. The van der Waals surface area contributed by atoms with Crippen LogP contribution in [0.3, 0.4) is 0 Å². The molecule has 2 atom stereocenters. The van der Waals surface area contributed by atoms with E-state index in [1.165, 1.54) is 11.1 Å². The second-order valence-electron chi connectivity index (χ2n) is 11.1. The van der Waals surface area contributed by atoms with Gasteiger partial charge in [0.2, 0.25) is 0 Å². The van der Waals surface area contributed by atoms with Crippen LogP contribution in [0.15, 0.2) is 113 Å². The number of carbonyl (C=O) groups is 1. The summed E-state index contributed by atoms with van der Waals surface area (Å²) in [5, 5.41) is 3.09. The van der Waals surface area contributed by atoms with Crippen molar-refractivity contribution in [1.82, 2.24) is 5.32 Å². The lowest BCUT2D eigenvalue weighted by atomic mass is 9.94. The molecular weight excluding hydrogens is 653 g/mol. The Kier molecular flexibility index (Phi) is 41.5. The smallest absolute Gasteiger partial charge is 0.259 e. The number of carbonyl (C=O) groups excluding carboxylic acids is 1. The quantitative estimate of drug-likeness (QED) is 0.113. The highest BCUT2D eigenvalue weighted by molar-refractivity contribution is 6.19. The molecular formula is C47H80N4O2. The van der Waals surface area contributed by atoms with E-state index in [1.807, 2.05) is 90.1 Å². The number of ether oxygens (including phenoxy) is 1. The van der Waals surface area contributed by atoms with Crippen molar-refractivity contribution in [2.24, 2.45) is 15.9 Å². The van der Waals surface area contributed by atoms with Crippen LogP contribution in [0.4, 0.5) is 5.69 Å². The average molecular weight is 733 g/mol. The maximum Gasteiger partial charge on any atom is 0.259 e. The third-order valence-corrected chi connectivity index (χ3v) is 7.69. The zero-order valence-corrected chi connectivity index (χ0v) is 35.5. The van der Waals surface area contributed by atoms with Crippen LogP contribution in [0, 0.1) is 5.92 Å². The Labute approximate surface area is 328 Å². The van der Waals surface area contributed by atoms with E-state index in [-0.39, 0.29) is 19.4 Å². The monoisotopic (exact) mass is 733 g/mol. The average Bonchev–Trinajstić information content (AvgIpc) is 3.49. The lowest BCUT2D eigenvalue weighted by Gasteiger charge is -2.25. The van der Waals surface area contributed by atoms with Gasteiger partial charge in [0.15, 0.2) is 0 Å². The SMILES string of the molecule is C.C=C.CC.CC.CC.CCCC(OCc1cccc(N(CCC)C(=O)/C(C=NC)=C(\C)C(C)CC)c1)c1ccccc1.CNCC1=CC=CC=NC1. The minimum Gasteiger partial charge on any atom is -0.369 e. The van der Waals surface area contributed by atoms with Crippen molar-refractivity contribution < 1.29 is 9.53 Å². The Balaban J connectivity index is -0.000000528. The molecule has 2 aromatic carbocycles. The van der Waals surface area contributed by atoms with E-state index >= 15 is 0 Å². The summed E-state index contributed by atoms with van der Waals surface area (Å²) < 4.78 is 6.35. The number of nitrogens with one attached hydrogen (secondary N) is 1. The first-order valence-electron chi connectivity index (χ1n) is 19.6. The lowest BCUT2D eigenvalue weighted by Crippen LogP contribution is -2.34. The number of likely N-dealkylation sites (N-methyl/N-ethyl adjacent to an activating group) is 1. The van der Waals surface area contributed by atoms with Gasteiger partial charge in [0.25, 0.3) is 5.91 Å². The number of aliphatic imine (C=N–C) groups is 2. The van der Waals surface area contributed by atoms with Gasteiger partial charge in [-0.25, -0.2) is 0 Å². The molecule has 0 spiro atoms. The summed E-state index contributed by atoms with van der Waals surface area (Å²) in [6.45, 7) is 31.6. The normalized spacial score (nSPS) is 12.6. The van der Waals surface area contributed by atoms with E-state index in [2.05, 4.69) is 106 Å². The number of allylic oxidation sites excluding steroid dienone is 4. The summed E-state index contributed by atoms with van der Waals surface area (Å²) in [6.07, 6.45) is 13.6. The number of amides is 1. The van der Waals surface area contributed by atoms with Gasteiger partial charge in [-0.2, -0.15) is 0 Å². The predicted molar refractivity (Wildman–Crippen MR) is 241 cm³/mol. The second kappa shape index (κ2) is 39.3. The summed E-state index contributed by atoms with van der Waals surface area (Å²) in [4.78, 5) is 23.9. The molecule has 0 saturated carbocycles. The van der Waals surface area contributed by atoms with Crippen molar-refractivity contribution >= 4 is 24.0 Å². The van der Waals surface area contributed by atoms with Gasteiger partial charge in [-0.3, -0.25) is 14.8 Å². The van der Waals surface area contributed by atoms with Crippen LogP contribution in [-0.2, 0) is 16.1 Å². The molecule has 3 rings (SSSR count). The molecule has 1 aliphatic heterocycles. The van der Waals surface area contributed by atoms with E-state index in [0.29, 0.717) is 24.6 Å². The zero-order valence-electron chi connectivity index (χ0n) is 35.5. The van der Waals surface area contributed by atoms with Crippen LogP contribution in [0.1, 0.15) is 127 Å². The Morgan fingerprint density at radius 2 is 1.62 bits per heavy atom. The summed E-state index contributed by atoms with van der Waals surface area (Å²) >= 11 is 0. The molecule has 2 aromatic rings. The van der Waals surface area contributed by atoms with Crippen molar-refractivity contribution in [1.29, 1.82) is 0 Å². The standard InChI is InChI=1S/C30H42N2O2.C8H12N2.3C2H6.C2H4.CH4/c1-7-14-29(26-16-11-10-12-17-26)34-22-25-15-13-18-27(20-25)32(19-8-2)30(33)28(21-31-6)24(5)23(4)9-3;1-9-6-8-4-2-3-5-10-7-8;4*1-2;/h10-13,15-18,20-21,23,29H,7-9,14,19,22H2,1-6H3;2-5,9H,6-7H2,1H3;3*1-2H3;1-2H2;1H4/b28-24+,31-21?;;;;;;. The van der Waals surface area contributed by atoms with Crippen LogP contribution in [0.2, 0.25) is 0 Å². The van der Waals surface area contributed by atoms with Gasteiger partial charge in [-0.05, 0) is 74.1 Å². The predicted octanol–water partition coefficient (Wildman–Crippen LogP) is 12.8. The largest absolute Gasteiger partial charge is 0.369 e. The van der Waals surface area contributed by atoms with Crippen molar-refractivity contribution in [2.45, 2.75) is 122 Å². The van der Waals surface area contributed by atoms with Crippen molar-refractivity contribution in [2.75, 3.05) is 38.6 Å². The van der Waals surface area contributed by atoms with Gasteiger partial charge in [-0.15, -0.1) is 13.2 Å². The first-order chi connectivity index (χ1) is 25.4. The molecule has 1 amide bonds. The van der Waals surface area contributed by atoms with Gasteiger partial charge >= 0.3 is 0 Å². The highest BCUT2D eigenvalue weighted by Gasteiger charge is 2.22. The molecule has 1 heterocycles. The first-order valence-corrected chi connectivity index (χ1v) is 19.6. The summed E-state index contributed by atoms with van der Waals surface area (Å²) in [7, 11) is 3.66. The molecule has 2 unspecified atom stereocenters. The Morgan fingerprint density at radius 3 is 2.17 bits per heavy atom. The highest BCUT2D eigenvalue weighted by atomic mass is 16.5. The summed E-state index contributed by atoms with van der Waals surface area (Å²) in [5.74, 6) is 0.338. The van der Waals surface area contributed by atoms with Crippen LogP contribution in [0.25, 0.3) is 0 Å². The van der Waals surface area contributed by atoms with Gasteiger partial charge in [0, 0.05) is 38.3 Å². The minimum atomic E-state index is 0. The fraction of sp³-hybridized carbons (Fsp3) is 0.511. The molecule has 53 heavy (non-hydrogen) atoms. The Hall–Kier alpha value is -3.87. The molecule has 0 aromatic heterocycles. The van der Waals surface area contributed by atoms with E-state index in [9.17, 15) is 4.79 Å². The maximum atomic E-state index is 13.7. The number of nitrogens with zero attached hydrogens (tertiary/aromatic N) is 3. The second-order valence-corrected chi connectivity index (χ2v) is 11.1. The highest BCUT2D eigenvalue weighted by Crippen LogP contribution is 2.27. The molecule has 0 saturated heterocycles. The third-order valence-electron chi connectivity index (χ3n) is 7.69. The van der Waals surface area contributed by atoms with Gasteiger partial charge < -0.3 is 15.0 Å². The van der Waals surface area contributed by atoms with Gasteiger partial charge in [0.1, 0.15) is 0 Å². The molecule has 0 aliphatic carbocycles. The third kappa shape index (κ3) is 23.4. The van der Waals surface area contributed by atoms with Gasteiger partial charge in [0.05, 0.1) is 24.8 Å². The first kappa shape index (κ1) is 55.9. The maximum absolute atomic E-state index is 13.7. The van der Waals surface area contributed by atoms with Gasteiger partial charge in [-0.1, -0.05) is 143 Å². The molecule has 1 aliphatic rings. The van der Waals surface area contributed by atoms with Crippen LogP contribution >= 0.6 is 0 Å². The fourth-order valence-corrected chi connectivity index (χ4v) is 4.90. The van der Waals surface area contributed by atoms with Crippen LogP contribution < -0.4 is 10.2 Å². The summed E-state index contributed by atoms with van der Waals surface area (Å²) in [6, 6.07) is 18.6. The fourth-order valence-electron chi connectivity index (χ4n) is 4.90. The molecule has 1 N–H and O–H groups in total. The van der Waals surface area contributed by atoms with E-state index < -0.39 is 0 Å². The Bertz CT molecular complexity index is 1290. The summed E-state index contributed by atoms with van der Waals surface area (Å²) in [5.41, 5.74) is 6.28. The topological polar surface area (TPSA) is 66.3 Å². The molecule has 0 bridgehead atoms.